The molecule has 34 heavy (non-hydrogen) atoms. The molecule has 4 rings (SSSR count). The van der Waals surface area contributed by atoms with Gasteiger partial charge in [0.15, 0.2) is 9.84 Å². The lowest BCUT2D eigenvalue weighted by Crippen LogP contribution is -2.53. The summed E-state index contributed by atoms with van der Waals surface area (Å²) in [5.74, 6) is -0.517. The highest BCUT2D eigenvalue weighted by Gasteiger charge is 2.53. The molecule has 0 aliphatic carbocycles. The summed E-state index contributed by atoms with van der Waals surface area (Å²) in [6.07, 6.45) is 1.49. The summed E-state index contributed by atoms with van der Waals surface area (Å²) in [5, 5.41) is -2.66. The summed E-state index contributed by atoms with van der Waals surface area (Å²) in [6, 6.07) is 12.1. The molecule has 0 spiro atoms. The SMILES string of the molecule is COc1ccccc1C(C)c1cnc(C2(F)CN(C(=O)c3ccc(Br)c(Cl)c3)CCS2(=O)=O)s1. The Balaban J connectivity index is 1.65. The van der Waals surface area contributed by atoms with Gasteiger partial charge >= 0.3 is 0 Å². The highest BCUT2D eigenvalue weighted by Crippen LogP contribution is 2.42. The van der Waals surface area contributed by atoms with Crippen molar-refractivity contribution in [1.82, 2.24) is 9.88 Å². The first-order valence-corrected chi connectivity index (χ1v) is 14.0. The molecule has 0 bridgehead atoms. The van der Waals surface area contributed by atoms with Gasteiger partial charge in [0.05, 0.1) is 24.4 Å². The van der Waals surface area contributed by atoms with Crippen molar-refractivity contribution in [3.63, 3.8) is 0 Å². The van der Waals surface area contributed by atoms with Gasteiger partial charge in [-0.2, -0.15) is 0 Å². The number of rotatable bonds is 5. The van der Waals surface area contributed by atoms with Crippen LogP contribution in [0.25, 0.3) is 0 Å². The van der Waals surface area contributed by atoms with E-state index in [-0.39, 0.29) is 23.0 Å². The van der Waals surface area contributed by atoms with Crippen molar-refractivity contribution in [2.24, 2.45) is 0 Å². The first-order valence-electron chi connectivity index (χ1n) is 10.3. The summed E-state index contributed by atoms with van der Waals surface area (Å²) in [5.41, 5.74) is 1.13. The molecule has 1 saturated heterocycles. The third-order valence-electron chi connectivity index (χ3n) is 5.85. The first-order chi connectivity index (χ1) is 16.1. The fourth-order valence-corrected chi connectivity index (χ4v) is 7.18. The summed E-state index contributed by atoms with van der Waals surface area (Å²) in [6.45, 7) is 1.16. The minimum absolute atomic E-state index is 0.115. The van der Waals surface area contributed by atoms with Crippen molar-refractivity contribution in [3.05, 3.63) is 79.2 Å². The van der Waals surface area contributed by atoms with Crippen LogP contribution in [0, 0.1) is 0 Å². The molecule has 2 atom stereocenters. The Morgan fingerprint density at radius 3 is 2.76 bits per heavy atom. The van der Waals surface area contributed by atoms with Crippen molar-refractivity contribution in [3.8, 4) is 5.75 Å². The number of aromatic nitrogens is 1. The number of sulfone groups is 1. The molecular formula is C23H21BrClFN2O4S2. The highest BCUT2D eigenvalue weighted by molar-refractivity contribution is 9.10. The van der Waals surface area contributed by atoms with Crippen LogP contribution in [0.2, 0.25) is 5.02 Å². The Labute approximate surface area is 214 Å². The predicted molar refractivity (Wildman–Crippen MR) is 134 cm³/mol. The molecule has 180 valence electrons. The number of alkyl halides is 1. The Kier molecular flexibility index (Phi) is 7.06. The first kappa shape index (κ1) is 25.1. The molecule has 0 saturated carbocycles. The van der Waals surface area contributed by atoms with Crippen molar-refractivity contribution < 1.29 is 22.3 Å². The van der Waals surface area contributed by atoms with E-state index >= 15 is 4.39 Å². The van der Waals surface area contributed by atoms with Crippen LogP contribution < -0.4 is 4.74 Å². The van der Waals surface area contributed by atoms with Gasteiger partial charge < -0.3 is 9.64 Å². The average molecular weight is 588 g/mol. The van der Waals surface area contributed by atoms with Crippen LogP contribution in [0.15, 0.2) is 53.1 Å². The minimum Gasteiger partial charge on any atom is -0.496 e. The highest BCUT2D eigenvalue weighted by atomic mass is 79.9. The third kappa shape index (κ3) is 4.48. The van der Waals surface area contributed by atoms with Gasteiger partial charge in [-0.25, -0.2) is 17.8 Å². The standard InChI is InChI=1S/C23H21BrClFN2O4S2/c1-14(16-5-3-4-6-19(16)32-2)20-12-27-22(33-20)23(26)13-28(9-10-34(23,30)31)21(29)15-7-8-17(24)18(25)11-15/h3-8,11-12,14H,9-10,13H2,1-2H3. The van der Waals surface area contributed by atoms with Gasteiger partial charge in [-0.3, -0.25) is 4.79 Å². The Morgan fingerprint density at radius 2 is 2.06 bits per heavy atom. The monoisotopic (exact) mass is 586 g/mol. The Hall–Kier alpha value is -2.01. The number of carbonyl (C=O) groups is 1. The van der Waals surface area contributed by atoms with Gasteiger partial charge in [0.1, 0.15) is 10.8 Å². The number of hydrogen-bond acceptors (Lipinski definition) is 6. The Bertz CT molecular complexity index is 1350. The lowest BCUT2D eigenvalue weighted by Gasteiger charge is -2.35. The van der Waals surface area contributed by atoms with Gasteiger partial charge in [-0.15, -0.1) is 11.3 Å². The number of para-hydroxylation sites is 1. The number of thiazole rings is 1. The van der Waals surface area contributed by atoms with Gasteiger partial charge in [0.2, 0.25) is 0 Å². The second kappa shape index (κ2) is 9.56. The van der Waals surface area contributed by atoms with Crippen molar-refractivity contribution in [1.29, 1.82) is 0 Å². The number of amides is 1. The van der Waals surface area contributed by atoms with Crippen molar-refractivity contribution in [2.45, 2.75) is 17.8 Å². The molecule has 11 heteroatoms. The zero-order valence-electron chi connectivity index (χ0n) is 18.3. The zero-order chi connectivity index (χ0) is 24.7. The van der Waals surface area contributed by atoms with Crippen LogP contribution in [-0.2, 0) is 14.8 Å². The van der Waals surface area contributed by atoms with Crippen molar-refractivity contribution >= 4 is 54.6 Å². The topological polar surface area (TPSA) is 76.6 Å². The minimum atomic E-state index is -4.20. The van der Waals surface area contributed by atoms with E-state index in [1.165, 1.54) is 17.2 Å². The summed E-state index contributed by atoms with van der Waals surface area (Å²) in [7, 11) is -2.63. The number of hydrogen-bond donors (Lipinski definition) is 0. The normalized spacial score (nSPS) is 20.7. The number of benzene rings is 2. The molecule has 1 aromatic heterocycles. The van der Waals surface area contributed by atoms with Crippen LogP contribution in [0.3, 0.4) is 0 Å². The van der Waals surface area contributed by atoms with E-state index in [0.29, 0.717) is 20.1 Å². The number of methoxy groups -OCH3 is 1. The maximum atomic E-state index is 16.3. The summed E-state index contributed by atoms with van der Waals surface area (Å²) in [4.78, 5) is 19.1. The van der Waals surface area contributed by atoms with Crippen molar-refractivity contribution in [2.75, 3.05) is 26.0 Å². The maximum Gasteiger partial charge on any atom is 0.278 e. The van der Waals surface area contributed by atoms with E-state index in [9.17, 15) is 13.2 Å². The van der Waals surface area contributed by atoms with Crippen LogP contribution >= 0.6 is 38.9 Å². The van der Waals surface area contributed by atoms with E-state index in [4.69, 9.17) is 16.3 Å². The molecule has 2 aromatic carbocycles. The number of ether oxygens (including phenoxy) is 1. The lowest BCUT2D eigenvalue weighted by atomic mass is 9.99. The molecule has 2 heterocycles. The predicted octanol–water partition coefficient (Wildman–Crippen LogP) is 5.41. The fraction of sp³-hybridized carbons (Fsp3) is 0.304. The molecule has 2 unspecified atom stereocenters. The third-order valence-corrected chi connectivity index (χ3v) is 10.6. The summed E-state index contributed by atoms with van der Waals surface area (Å²) < 4.78 is 48.0. The average Bonchev–Trinajstić information content (AvgIpc) is 3.32. The smallest absolute Gasteiger partial charge is 0.278 e. The lowest BCUT2D eigenvalue weighted by molar-refractivity contribution is 0.0666. The van der Waals surface area contributed by atoms with Gasteiger partial charge in [0.25, 0.3) is 10.9 Å². The molecule has 1 aliphatic heterocycles. The number of halogens is 3. The molecule has 1 amide bonds. The number of nitrogens with zero attached hydrogens (tertiary/aromatic N) is 2. The van der Waals surface area contributed by atoms with Gasteiger partial charge in [-0.1, -0.05) is 36.7 Å². The fourth-order valence-electron chi connectivity index (χ4n) is 3.84. The summed E-state index contributed by atoms with van der Waals surface area (Å²) >= 11 is 10.4. The van der Waals surface area contributed by atoms with E-state index in [2.05, 4.69) is 20.9 Å². The second-order valence-corrected chi connectivity index (χ2v) is 12.5. The molecule has 6 nitrogen and oxygen atoms in total. The van der Waals surface area contributed by atoms with E-state index < -0.39 is 33.0 Å². The molecule has 3 aromatic rings. The largest absolute Gasteiger partial charge is 0.496 e. The molecule has 0 N–H and O–H groups in total. The molecule has 1 fully saturated rings. The Morgan fingerprint density at radius 1 is 1.32 bits per heavy atom. The molecule has 1 aliphatic rings. The van der Waals surface area contributed by atoms with Crippen LogP contribution in [0.1, 0.15) is 38.6 Å². The van der Waals surface area contributed by atoms with Crippen LogP contribution in [-0.4, -0.2) is 50.2 Å². The number of carbonyl (C=O) groups excluding carboxylic acids is 1. The second-order valence-electron chi connectivity index (χ2n) is 7.93. The molecular weight excluding hydrogens is 567 g/mol. The van der Waals surface area contributed by atoms with Gasteiger partial charge in [0, 0.05) is 39.1 Å². The van der Waals surface area contributed by atoms with Gasteiger partial charge in [-0.05, 0) is 40.2 Å². The van der Waals surface area contributed by atoms with E-state index in [1.807, 2.05) is 31.2 Å². The van der Waals surface area contributed by atoms with Crippen LogP contribution in [0.5, 0.6) is 5.75 Å². The maximum absolute atomic E-state index is 16.3. The van der Waals surface area contributed by atoms with Crippen LogP contribution in [0.4, 0.5) is 4.39 Å². The van der Waals surface area contributed by atoms with E-state index in [1.54, 1.807) is 19.2 Å². The molecule has 0 radical (unpaired) electrons. The van der Waals surface area contributed by atoms with E-state index in [0.717, 1.165) is 16.9 Å². The zero-order valence-corrected chi connectivity index (χ0v) is 22.3. The quantitative estimate of drug-likeness (QED) is 0.399.